The molecular weight excluding hydrogens is 524 g/mol. The summed E-state index contributed by atoms with van der Waals surface area (Å²) >= 11 is 0.972. The van der Waals surface area contributed by atoms with Gasteiger partial charge < -0.3 is 5.32 Å². The fourth-order valence-corrected chi connectivity index (χ4v) is 5.21. The van der Waals surface area contributed by atoms with Gasteiger partial charge in [0.25, 0.3) is 17.7 Å². The van der Waals surface area contributed by atoms with Crippen LogP contribution in [0.25, 0.3) is 11.3 Å². The van der Waals surface area contributed by atoms with Gasteiger partial charge in [-0.05, 0) is 29.8 Å². The number of carbonyl (C=O) groups excluding carboxylic acids is 3. The molecule has 1 atom stereocenters. The van der Waals surface area contributed by atoms with Gasteiger partial charge in [-0.2, -0.15) is 18.3 Å². The molecule has 0 unspecified atom stereocenters. The number of carbonyl (C=O) groups is 3. The van der Waals surface area contributed by atoms with E-state index in [2.05, 4.69) is 10.4 Å². The number of thiophene rings is 1. The fourth-order valence-electron chi connectivity index (χ4n) is 4.42. The molecule has 194 valence electrons. The van der Waals surface area contributed by atoms with Crippen LogP contribution in [0.3, 0.4) is 0 Å². The van der Waals surface area contributed by atoms with Gasteiger partial charge in [-0.3, -0.25) is 24.0 Å². The van der Waals surface area contributed by atoms with E-state index in [1.54, 1.807) is 12.1 Å². The molecule has 0 fully saturated rings. The maximum absolute atomic E-state index is 14.2. The first-order chi connectivity index (χ1) is 18.1. The van der Waals surface area contributed by atoms with Gasteiger partial charge >= 0.3 is 6.18 Å². The summed E-state index contributed by atoms with van der Waals surface area (Å²) in [6, 6.07) is 12.2. The number of alkyl halides is 3. The zero-order chi connectivity index (χ0) is 27.2. The van der Waals surface area contributed by atoms with Crippen molar-refractivity contribution in [1.29, 1.82) is 0 Å². The molecule has 3 heterocycles. The van der Waals surface area contributed by atoms with Crippen molar-refractivity contribution in [3.05, 3.63) is 99.1 Å². The van der Waals surface area contributed by atoms with Crippen LogP contribution in [-0.4, -0.2) is 38.6 Å². The Hall–Kier alpha value is -4.32. The highest BCUT2D eigenvalue weighted by Gasteiger charge is 2.42. The number of amides is 3. The minimum absolute atomic E-state index is 0.0888. The molecule has 0 spiro atoms. The Morgan fingerprint density at radius 2 is 1.68 bits per heavy atom. The predicted molar refractivity (Wildman–Crippen MR) is 130 cm³/mol. The van der Waals surface area contributed by atoms with Crippen LogP contribution < -0.4 is 5.32 Å². The number of nitrogens with one attached hydrogen (secondary N) is 1. The highest BCUT2D eigenvalue weighted by molar-refractivity contribution is 7.12. The molecule has 2 aromatic carbocycles. The third-order valence-corrected chi connectivity index (χ3v) is 7.09. The van der Waals surface area contributed by atoms with Gasteiger partial charge in [-0.25, -0.2) is 4.39 Å². The molecule has 5 rings (SSSR count). The van der Waals surface area contributed by atoms with Crippen molar-refractivity contribution in [3.8, 4) is 11.3 Å². The maximum atomic E-state index is 14.2. The normalized spacial score (nSPS) is 14.1. The summed E-state index contributed by atoms with van der Waals surface area (Å²) < 4.78 is 56.6. The molecule has 1 aliphatic heterocycles. The van der Waals surface area contributed by atoms with Crippen molar-refractivity contribution in [2.45, 2.75) is 18.8 Å². The standard InChI is InChI=1S/C26H18F4N4O3S/c1-33-22(19(27)12-31-33)15-10-20(38-13-15)23(35)32-21(11-14-6-2-5-9-18(14)26(28,29)30)34-24(36)16-7-3-4-8-17(16)25(34)37/h2-10,12-13,21H,11H2,1H3,(H,32,35)/t21-/m1/s1. The highest BCUT2D eigenvalue weighted by atomic mass is 32.1. The van der Waals surface area contributed by atoms with Gasteiger partial charge in [0.1, 0.15) is 11.9 Å². The molecule has 4 aromatic rings. The number of fused-ring (bicyclic) bond motifs is 1. The SMILES string of the molecule is Cn1ncc(F)c1-c1csc(C(=O)N[C@@H](Cc2ccccc2C(F)(F)F)N2C(=O)c3ccccc3C2=O)c1. The molecule has 0 saturated carbocycles. The van der Waals surface area contributed by atoms with Crippen molar-refractivity contribution in [1.82, 2.24) is 20.0 Å². The zero-order valence-electron chi connectivity index (χ0n) is 19.6. The summed E-state index contributed by atoms with van der Waals surface area (Å²) in [7, 11) is 1.53. The van der Waals surface area contributed by atoms with E-state index in [1.165, 1.54) is 53.5 Å². The quantitative estimate of drug-likeness (QED) is 0.278. The second kappa shape index (κ2) is 9.53. The van der Waals surface area contributed by atoms with Crippen molar-refractivity contribution < 1.29 is 31.9 Å². The van der Waals surface area contributed by atoms with E-state index >= 15 is 0 Å². The van der Waals surface area contributed by atoms with E-state index < -0.39 is 47.9 Å². The summed E-state index contributed by atoms with van der Waals surface area (Å²) in [5, 5.41) is 7.92. The van der Waals surface area contributed by atoms with E-state index in [4.69, 9.17) is 0 Å². The topological polar surface area (TPSA) is 84.3 Å². The van der Waals surface area contributed by atoms with E-state index in [-0.39, 0.29) is 27.3 Å². The number of aromatic nitrogens is 2. The van der Waals surface area contributed by atoms with Crippen molar-refractivity contribution in [2.75, 3.05) is 0 Å². The van der Waals surface area contributed by atoms with Gasteiger partial charge in [-0.1, -0.05) is 30.3 Å². The smallest absolute Gasteiger partial charge is 0.330 e. The third-order valence-electron chi connectivity index (χ3n) is 6.16. The lowest BCUT2D eigenvalue weighted by atomic mass is 10.0. The molecule has 0 bridgehead atoms. The summed E-state index contributed by atoms with van der Waals surface area (Å²) in [5.41, 5.74) is -0.447. The summed E-state index contributed by atoms with van der Waals surface area (Å²) in [6.45, 7) is 0. The number of benzene rings is 2. The van der Waals surface area contributed by atoms with Crippen LogP contribution in [0, 0.1) is 5.82 Å². The lowest BCUT2D eigenvalue weighted by molar-refractivity contribution is -0.138. The minimum Gasteiger partial charge on any atom is -0.330 e. The number of halogens is 4. The highest BCUT2D eigenvalue weighted by Crippen LogP contribution is 2.34. The zero-order valence-corrected chi connectivity index (χ0v) is 20.4. The van der Waals surface area contributed by atoms with Crippen LogP contribution in [0.5, 0.6) is 0 Å². The number of hydrogen-bond acceptors (Lipinski definition) is 5. The van der Waals surface area contributed by atoms with E-state index in [0.29, 0.717) is 5.56 Å². The van der Waals surface area contributed by atoms with Gasteiger partial charge in [0.2, 0.25) is 0 Å². The first-order valence-electron chi connectivity index (χ1n) is 11.3. The Morgan fingerprint density at radius 3 is 2.29 bits per heavy atom. The van der Waals surface area contributed by atoms with Crippen LogP contribution in [-0.2, 0) is 19.6 Å². The molecule has 1 N–H and O–H groups in total. The lowest BCUT2D eigenvalue weighted by Gasteiger charge is -2.28. The van der Waals surface area contributed by atoms with Crippen molar-refractivity contribution in [2.24, 2.45) is 7.05 Å². The number of nitrogens with zero attached hydrogens (tertiary/aromatic N) is 3. The van der Waals surface area contributed by atoms with E-state index in [0.717, 1.165) is 28.5 Å². The van der Waals surface area contributed by atoms with Gasteiger partial charge in [-0.15, -0.1) is 11.3 Å². The van der Waals surface area contributed by atoms with Crippen LogP contribution in [0.15, 0.2) is 66.2 Å². The maximum Gasteiger partial charge on any atom is 0.416 e. The van der Waals surface area contributed by atoms with E-state index in [9.17, 15) is 31.9 Å². The molecular formula is C26H18F4N4O3S. The first-order valence-corrected chi connectivity index (χ1v) is 12.1. The van der Waals surface area contributed by atoms with Crippen molar-refractivity contribution >= 4 is 29.1 Å². The number of aryl methyl sites for hydroxylation is 1. The fraction of sp³-hybridized carbons (Fsp3) is 0.154. The Labute approximate surface area is 217 Å². The van der Waals surface area contributed by atoms with Crippen LogP contribution in [0.1, 0.15) is 41.5 Å². The lowest BCUT2D eigenvalue weighted by Crippen LogP contribution is -2.52. The van der Waals surface area contributed by atoms with Gasteiger partial charge in [0.05, 0.1) is 27.8 Å². The number of hydrogen-bond donors (Lipinski definition) is 1. The predicted octanol–water partition coefficient (Wildman–Crippen LogP) is 4.90. The molecule has 1 aliphatic rings. The number of imide groups is 1. The van der Waals surface area contributed by atoms with Gasteiger partial charge in [0.15, 0.2) is 5.82 Å². The second-order valence-corrected chi connectivity index (χ2v) is 9.45. The summed E-state index contributed by atoms with van der Waals surface area (Å²) in [5.74, 6) is -2.80. The number of rotatable bonds is 6. The second-order valence-electron chi connectivity index (χ2n) is 8.54. The summed E-state index contributed by atoms with van der Waals surface area (Å²) in [4.78, 5) is 40.4. The van der Waals surface area contributed by atoms with Crippen molar-refractivity contribution in [3.63, 3.8) is 0 Å². The van der Waals surface area contributed by atoms with Crippen LogP contribution in [0.4, 0.5) is 17.6 Å². The largest absolute Gasteiger partial charge is 0.416 e. The molecule has 0 radical (unpaired) electrons. The average Bonchev–Trinajstić information content (AvgIpc) is 3.55. The minimum atomic E-state index is -4.69. The molecule has 38 heavy (non-hydrogen) atoms. The molecule has 3 amide bonds. The Morgan fingerprint density at radius 1 is 1.05 bits per heavy atom. The monoisotopic (exact) mass is 542 g/mol. The van der Waals surface area contributed by atoms with Crippen LogP contribution in [0.2, 0.25) is 0 Å². The molecule has 2 aromatic heterocycles. The van der Waals surface area contributed by atoms with Crippen LogP contribution >= 0.6 is 11.3 Å². The Kier molecular flexibility index (Phi) is 6.35. The summed E-state index contributed by atoms with van der Waals surface area (Å²) in [6.07, 6.45) is -5.58. The van der Waals surface area contributed by atoms with Gasteiger partial charge in [0, 0.05) is 24.4 Å². The molecule has 7 nitrogen and oxygen atoms in total. The third kappa shape index (κ3) is 4.47. The molecule has 0 aliphatic carbocycles. The molecule has 12 heteroatoms. The Balaban J connectivity index is 1.50. The molecule has 0 saturated heterocycles. The van der Waals surface area contributed by atoms with E-state index in [1.807, 2.05) is 0 Å². The first kappa shape index (κ1) is 25.3. The average molecular weight is 543 g/mol. The Bertz CT molecular complexity index is 1520.